The third kappa shape index (κ3) is 1.73. The number of anilines is 2. The van der Waals surface area contributed by atoms with Gasteiger partial charge in [0, 0.05) is 0 Å². The zero-order valence-corrected chi connectivity index (χ0v) is 6.56. The fourth-order valence-corrected chi connectivity index (χ4v) is 0.530. The molecule has 0 aliphatic heterocycles. The van der Waals surface area contributed by atoms with Gasteiger partial charge in [-0.2, -0.15) is 10.4 Å². The maximum Gasteiger partial charge on any atom is 2.00 e. The molecule has 12 heavy (non-hydrogen) atoms. The van der Waals surface area contributed by atoms with Crippen molar-refractivity contribution in [3.63, 3.8) is 0 Å². The summed E-state index contributed by atoms with van der Waals surface area (Å²) < 4.78 is 0. The van der Waals surface area contributed by atoms with E-state index >= 15 is 0 Å². The predicted molar refractivity (Wildman–Crippen MR) is 31.6 cm³/mol. The number of H-pyrrole nitrogens is 2. The molecule has 0 unspecified atom stereocenters. The minimum atomic E-state index is 0. The van der Waals surface area contributed by atoms with Crippen LogP contribution in [0.3, 0.4) is 0 Å². The maximum absolute atomic E-state index is 3.61. The van der Waals surface area contributed by atoms with Gasteiger partial charge >= 0.3 is 16.8 Å². The molecule has 0 aromatic carbocycles. The third-order valence-corrected chi connectivity index (χ3v) is 0.914. The predicted octanol–water partition coefficient (Wildman–Crippen LogP) is -1.55. The van der Waals surface area contributed by atoms with E-state index in [1.807, 2.05) is 0 Å². The second-order valence-electron chi connectivity index (χ2n) is 1.60. The van der Waals surface area contributed by atoms with Crippen molar-refractivity contribution in [2.24, 2.45) is 0 Å². The van der Waals surface area contributed by atoms with Gasteiger partial charge < -0.3 is 0 Å². The van der Waals surface area contributed by atoms with Gasteiger partial charge in [0.15, 0.2) is 0 Å². The summed E-state index contributed by atoms with van der Waals surface area (Å²) in [6.07, 6.45) is 0. The molecule has 9 nitrogen and oxygen atoms in total. The van der Waals surface area contributed by atoms with E-state index in [4.69, 9.17) is 0 Å². The Kier molecular flexibility index (Phi) is 2.65. The molecular formula is C2H3CoN9+2. The number of rotatable bonds is 2. The molecule has 2 aromatic rings. The standard InChI is InChI=1S/C2H3N9.Co/c3(1-4-8-9-5-1)2-6-10-11-7-2;/h(H3,3,4,5,6,7,8,9,10,11);/q;+2. The van der Waals surface area contributed by atoms with Crippen LogP contribution in [0.25, 0.3) is 0 Å². The summed E-state index contributed by atoms with van der Waals surface area (Å²) in [6, 6.07) is 0. The minimum Gasteiger partial charge on any atom is -0.287 e. The van der Waals surface area contributed by atoms with Gasteiger partial charge in [0.05, 0.1) is 0 Å². The van der Waals surface area contributed by atoms with Crippen LogP contribution in [-0.2, 0) is 16.8 Å². The molecule has 0 spiro atoms. The first-order valence-electron chi connectivity index (χ1n) is 2.69. The van der Waals surface area contributed by atoms with Gasteiger partial charge in [-0.15, -0.1) is 10.2 Å². The smallest absolute Gasteiger partial charge is 0.287 e. The topological polar surface area (TPSA) is 121 Å². The van der Waals surface area contributed by atoms with Crippen LogP contribution >= 0.6 is 0 Å². The molecule has 1 radical (unpaired) electrons. The Balaban J connectivity index is 0.000000720. The van der Waals surface area contributed by atoms with Gasteiger partial charge in [0.1, 0.15) is 0 Å². The van der Waals surface area contributed by atoms with Crippen molar-refractivity contribution >= 4 is 11.9 Å². The van der Waals surface area contributed by atoms with Crippen molar-refractivity contribution in [2.45, 2.75) is 0 Å². The summed E-state index contributed by atoms with van der Waals surface area (Å²) in [4.78, 5) is 0. The van der Waals surface area contributed by atoms with Crippen LogP contribution in [-0.4, -0.2) is 41.2 Å². The molecule has 3 N–H and O–H groups in total. The van der Waals surface area contributed by atoms with E-state index in [1.54, 1.807) is 0 Å². The largest absolute Gasteiger partial charge is 2.00 e. The second-order valence-corrected chi connectivity index (χ2v) is 1.60. The molecule has 2 rings (SSSR count). The normalized spacial score (nSPS) is 9.00. The SMILES string of the molecule is [Co+2].n1nc(Nc2nn[nH]n2)n[nH]1. The number of aromatic amines is 2. The van der Waals surface area contributed by atoms with Crippen LogP contribution in [0.4, 0.5) is 11.9 Å². The molecule has 0 amide bonds. The van der Waals surface area contributed by atoms with E-state index in [0.29, 0.717) is 11.9 Å². The number of hydrogen-bond acceptors (Lipinski definition) is 7. The molecule has 0 saturated carbocycles. The summed E-state index contributed by atoms with van der Waals surface area (Å²) in [5.41, 5.74) is 0. The summed E-state index contributed by atoms with van der Waals surface area (Å²) in [5.74, 6) is 0.595. The Morgan fingerprint density at radius 2 is 1.42 bits per heavy atom. The van der Waals surface area contributed by atoms with Crippen molar-refractivity contribution in [1.29, 1.82) is 0 Å². The Bertz CT molecular complexity index is 265. The average molecular weight is 212 g/mol. The van der Waals surface area contributed by atoms with Gasteiger partial charge in [-0.3, -0.25) is 5.32 Å². The van der Waals surface area contributed by atoms with Gasteiger partial charge in [-0.05, 0) is 10.4 Å². The quantitative estimate of drug-likeness (QED) is 0.551. The fourth-order valence-electron chi connectivity index (χ4n) is 0.530. The Morgan fingerprint density at radius 3 is 1.75 bits per heavy atom. The fraction of sp³-hybridized carbons (Fsp3) is 0. The molecular weight excluding hydrogens is 209 g/mol. The van der Waals surface area contributed by atoms with Crippen molar-refractivity contribution in [1.82, 2.24) is 41.2 Å². The molecule has 0 aliphatic carbocycles. The Labute approximate surface area is 75.9 Å². The van der Waals surface area contributed by atoms with Gasteiger partial charge in [0.2, 0.25) is 0 Å². The first-order chi connectivity index (χ1) is 5.45. The molecule has 2 aromatic heterocycles. The molecule has 0 saturated heterocycles. The second kappa shape index (κ2) is 3.73. The van der Waals surface area contributed by atoms with Gasteiger partial charge in [-0.25, -0.2) is 0 Å². The van der Waals surface area contributed by atoms with Crippen LogP contribution in [0.5, 0.6) is 0 Å². The van der Waals surface area contributed by atoms with Crippen molar-refractivity contribution in [3.05, 3.63) is 0 Å². The number of nitrogens with zero attached hydrogens (tertiary/aromatic N) is 6. The first kappa shape index (κ1) is 8.54. The van der Waals surface area contributed by atoms with Gasteiger partial charge in [-0.1, -0.05) is 10.2 Å². The molecule has 0 aliphatic rings. The van der Waals surface area contributed by atoms with Crippen LogP contribution in [0, 0.1) is 0 Å². The monoisotopic (exact) mass is 212 g/mol. The Morgan fingerprint density at radius 1 is 0.917 bits per heavy atom. The molecule has 0 bridgehead atoms. The van der Waals surface area contributed by atoms with Crippen molar-refractivity contribution in [3.8, 4) is 0 Å². The maximum atomic E-state index is 3.61. The Hall–Kier alpha value is -1.55. The number of nitrogens with one attached hydrogen (secondary N) is 3. The molecule has 10 heteroatoms. The average Bonchev–Trinajstić information content (AvgIpc) is 2.60. The molecule has 2 heterocycles. The zero-order valence-electron chi connectivity index (χ0n) is 5.52. The number of hydrogen-bond donors (Lipinski definition) is 3. The molecule has 0 atom stereocenters. The van der Waals surface area contributed by atoms with Crippen LogP contribution in [0.15, 0.2) is 0 Å². The minimum absolute atomic E-state index is 0. The van der Waals surface area contributed by atoms with Crippen LogP contribution in [0.2, 0.25) is 0 Å². The van der Waals surface area contributed by atoms with Gasteiger partial charge in [0.25, 0.3) is 11.9 Å². The van der Waals surface area contributed by atoms with E-state index in [0.717, 1.165) is 0 Å². The summed E-state index contributed by atoms with van der Waals surface area (Å²) >= 11 is 0. The number of tetrazole rings is 2. The summed E-state index contributed by atoms with van der Waals surface area (Å²) in [7, 11) is 0. The molecule has 0 fully saturated rings. The van der Waals surface area contributed by atoms with E-state index in [1.165, 1.54) is 0 Å². The van der Waals surface area contributed by atoms with Crippen LogP contribution in [0.1, 0.15) is 0 Å². The van der Waals surface area contributed by atoms with Crippen LogP contribution < -0.4 is 5.32 Å². The van der Waals surface area contributed by atoms with E-state index < -0.39 is 0 Å². The summed E-state index contributed by atoms with van der Waals surface area (Å²) in [6.45, 7) is 0. The van der Waals surface area contributed by atoms with Crippen molar-refractivity contribution in [2.75, 3.05) is 5.32 Å². The van der Waals surface area contributed by atoms with E-state index in [9.17, 15) is 0 Å². The van der Waals surface area contributed by atoms with Crippen molar-refractivity contribution < 1.29 is 16.8 Å². The van der Waals surface area contributed by atoms with E-state index in [2.05, 4.69) is 46.6 Å². The number of aromatic nitrogens is 8. The third-order valence-electron chi connectivity index (χ3n) is 0.914. The van der Waals surface area contributed by atoms with E-state index in [-0.39, 0.29) is 16.8 Å². The molecule has 63 valence electrons. The zero-order chi connectivity index (χ0) is 7.52. The summed E-state index contributed by atoms with van der Waals surface area (Å²) in [5, 5.41) is 28.2. The first-order valence-corrected chi connectivity index (χ1v) is 2.69.